The average Bonchev–Trinajstić information content (AvgIpc) is 2.83. The number of esters is 2. The second-order valence-corrected chi connectivity index (χ2v) is 7.45. The number of thiocarbonyl (C=S) groups is 1. The van der Waals surface area contributed by atoms with Gasteiger partial charge in [0.15, 0.2) is 5.11 Å². The molecule has 0 aliphatic rings. The molecule has 2 N–H and O–H groups in total. The molecule has 0 fully saturated rings. The summed E-state index contributed by atoms with van der Waals surface area (Å²) in [6.45, 7) is 11.8. The van der Waals surface area contributed by atoms with Crippen LogP contribution in [0.1, 0.15) is 66.6 Å². The molecular formula is C17H26N2O4S2. The molecule has 8 heteroatoms. The van der Waals surface area contributed by atoms with Crippen LogP contribution < -0.4 is 10.6 Å². The minimum atomic E-state index is -0.494. The Hall–Kier alpha value is -1.67. The molecule has 0 radical (unpaired) electrons. The van der Waals surface area contributed by atoms with Crippen LogP contribution in [0.2, 0.25) is 0 Å². The van der Waals surface area contributed by atoms with Crippen molar-refractivity contribution in [3.8, 4) is 0 Å². The van der Waals surface area contributed by atoms with Gasteiger partial charge in [0.1, 0.15) is 9.88 Å². The average molecular weight is 387 g/mol. The maximum Gasteiger partial charge on any atom is 0.348 e. The van der Waals surface area contributed by atoms with Gasteiger partial charge in [-0.3, -0.25) is 0 Å². The first-order chi connectivity index (χ1) is 11.7. The van der Waals surface area contributed by atoms with Crippen molar-refractivity contribution < 1.29 is 19.1 Å². The maximum atomic E-state index is 12.3. The first kappa shape index (κ1) is 21.4. The van der Waals surface area contributed by atoms with Crippen LogP contribution in [-0.2, 0) is 9.47 Å². The van der Waals surface area contributed by atoms with Crippen molar-refractivity contribution in [2.45, 2.75) is 53.5 Å². The fourth-order valence-electron chi connectivity index (χ4n) is 1.97. The van der Waals surface area contributed by atoms with E-state index in [4.69, 9.17) is 21.7 Å². The second kappa shape index (κ2) is 9.15. The highest BCUT2D eigenvalue weighted by atomic mass is 32.1. The number of hydrogen-bond donors (Lipinski definition) is 2. The predicted octanol–water partition coefficient (Wildman–Crippen LogP) is 3.88. The number of thiophene rings is 1. The second-order valence-electron chi connectivity index (χ2n) is 6.02. The zero-order valence-electron chi connectivity index (χ0n) is 15.6. The van der Waals surface area contributed by atoms with Crippen LogP contribution in [-0.4, -0.2) is 35.8 Å². The van der Waals surface area contributed by atoms with Gasteiger partial charge in [-0.15, -0.1) is 11.3 Å². The van der Waals surface area contributed by atoms with Crippen LogP contribution in [0, 0.1) is 6.92 Å². The summed E-state index contributed by atoms with van der Waals surface area (Å²) in [7, 11) is 0. The minimum Gasteiger partial charge on any atom is -0.462 e. The van der Waals surface area contributed by atoms with E-state index in [9.17, 15) is 9.59 Å². The molecule has 1 aromatic heterocycles. The van der Waals surface area contributed by atoms with Crippen molar-refractivity contribution in [2.75, 3.05) is 18.5 Å². The Morgan fingerprint density at radius 3 is 2.20 bits per heavy atom. The Morgan fingerprint density at radius 2 is 1.68 bits per heavy atom. The summed E-state index contributed by atoms with van der Waals surface area (Å²) in [5.74, 6) is -0.955. The standard InChI is InChI=1S/C17H26N2O4S2/c1-7-17(5,6)19-16(24)18-13-11(14(20)22-8-2)10(4)12(25-13)15(21)23-9-3/h7-9H2,1-6H3,(H2,18,19,24). The topological polar surface area (TPSA) is 76.7 Å². The first-order valence-corrected chi connectivity index (χ1v) is 9.46. The zero-order chi connectivity index (χ0) is 19.2. The summed E-state index contributed by atoms with van der Waals surface area (Å²) < 4.78 is 10.2. The zero-order valence-corrected chi connectivity index (χ0v) is 17.2. The van der Waals surface area contributed by atoms with E-state index < -0.39 is 11.9 Å². The normalized spacial score (nSPS) is 11.0. The molecule has 0 aliphatic carbocycles. The molecule has 0 atom stereocenters. The number of carbonyl (C=O) groups is 2. The number of anilines is 1. The van der Waals surface area contributed by atoms with Crippen molar-refractivity contribution in [1.29, 1.82) is 0 Å². The molecule has 0 amide bonds. The van der Waals surface area contributed by atoms with Gasteiger partial charge in [0, 0.05) is 5.54 Å². The van der Waals surface area contributed by atoms with Crippen LogP contribution in [0.4, 0.5) is 5.00 Å². The van der Waals surface area contributed by atoms with Gasteiger partial charge in [0.05, 0.1) is 18.8 Å². The number of carbonyl (C=O) groups excluding carboxylic acids is 2. The summed E-state index contributed by atoms with van der Waals surface area (Å²) in [5.41, 5.74) is 0.653. The smallest absolute Gasteiger partial charge is 0.348 e. The summed E-state index contributed by atoms with van der Waals surface area (Å²) in [5, 5.41) is 7.08. The van der Waals surface area contributed by atoms with Crippen molar-refractivity contribution in [2.24, 2.45) is 0 Å². The number of nitrogens with one attached hydrogen (secondary N) is 2. The van der Waals surface area contributed by atoms with E-state index in [2.05, 4.69) is 10.6 Å². The fourth-order valence-corrected chi connectivity index (χ4v) is 3.51. The van der Waals surface area contributed by atoms with Crippen LogP contribution in [0.3, 0.4) is 0 Å². The van der Waals surface area contributed by atoms with Crippen molar-refractivity contribution in [3.05, 3.63) is 16.0 Å². The fraction of sp³-hybridized carbons (Fsp3) is 0.588. The highest BCUT2D eigenvalue weighted by Gasteiger charge is 2.27. The van der Waals surface area contributed by atoms with E-state index in [0.717, 1.165) is 17.8 Å². The van der Waals surface area contributed by atoms with E-state index in [1.807, 2.05) is 20.8 Å². The Bertz CT molecular complexity index is 653. The van der Waals surface area contributed by atoms with Gasteiger partial charge in [-0.1, -0.05) is 6.92 Å². The lowest BCUT2D eigenvalue weighted by Crippen LogP contribution is -2.44. The van der Waals surface area contributed by atoms with Gasteiger partial charge in [-0.05, 0) is 58.8 Å². The molecule has 0 bridgehead atoms. The van der Waals surface area contributed by atoms with Crippen molar-refractivity contribution in [3.63, 3.8) is 0 Å². The Kier molecular flexibility index (Phi) is 7.82. The summed E-state index contributed by atoms with van der Waals surface area (Å²) in [6.07, 6.45) is 0.872. The molecule has 1 aromatic rings. The lowest BCUT2D eigenvalue weighted by Gasteiger charge is -2.26. The lowest BCUT2D eigenvalue weighted by atomic mass is 10.0. The predicted molar refractivity (Wildman–Crippen MR) is 105 cm³/mol. The third-order valence-corrected chi connectivity index (χ3v) is 5.04. The Balaban J connectivity index is 3.19. The van der Waals surface area contributed by atoms with Crippen LogP contribution in [0.15, 0.2) is 0 Å². The first-order valence-electron chi connectivity index (χ1n) is 8.23. The highest BCUT2D eigenvalue weighted by Crippen LogP contribution is 2.34. The van der Waals surface area contributed by atoms with Crippen molar-refractivity contribution in [1.82, 2.24) is 5.32 Å². The minimum absolute atomic E-state index is 0.190. The highest BCUT2D eigenvalue weighted by molar-refractivity contribution is 7.80. The van der Waals surface area contributed by atoms with Gasteiger partial charge in [-0.25, -0.2) is 9.59 Å². The molecule has 0 spiro atoms. The molecule has 1 heterocycles. The third-order valence-electron chi connectivity index (χ3n) is 3.65. The van der Waals surface area contributed by atoms with Gasteiger partial charge in [-0.2, -0.15) is 0 Å². The van der Waals surface area contributed by atoms with Gasteiger partial charge < -0.3 is 20.1 Å². The molecule has 25 heavy (non-hydrogen) atoms. The lowest BCUT2D eigenvalue weighted by molar-refractivity contribution is 0.0527. The van der Waals surface area contributed by atoms with Crippen LogP contribution in [0.25, 0.3) is 0 Å². The van der Waals surface area contributed by atoms with E-state index in [1.54, 1.807) is 20.8 Å². The van der Waals surface area contributed by atoms with E-state index in [-0.39, 0.29) is 18.8 Å². The van der Waals surface area contributed by atoms with Gasteiger partial charge in [0.2, 0.25) is 0 Å². The molecule has 0 aromatic carbocycles. The maximum absolute atomic E-state index is 12.3. The summed E-state index contributed by atoms with van der Waals surface area (Å²) in [6, 6.07) is 0. The van der Waals surface area contributed by atoms with Gasteiger partial charge in [0.25, 0.3) is 0 Å². The summed E-state index contributed by atoms with van der Waals surface area (Å²) in [4.78, 5) is 24.8. The monoisotopic (exact) mass is 386 g/mol. The molecule has 140 valence electrons. The molecule has 0 saturated carbocycles. The number of rotatable bonds is 7. The molecular weight excluding hydrogens is 360 g/mol. The largest absolute Gasteiger partial charge is 0.462 e. The number of ether oxygens (including phenoxy) is 2. The number of hydrogen-bond acceptors (Lipinski definition) is 6. The Labute approximate surface area is 158 Å². The molecule has 1 rings (SSSR count). The van der Waals surface area contributed by atoms with Gasteiger partial charge >= 0.3 is 11.9 Å². The Morgan fingerprint density at radius 1 is 1.12 bits per heavy atom. The quantitative estimate of drug-likeness (QED) is 0.544. The van der Waals surface area contributed by atoms with Crippen molar-refractivity contribution >= 4 is 45.6 Å². The SMILES string of the molecule is CCOC(=O)c1sc(NC(=S)NC(C)(C)CC)c(C(=O)OCC)c1C. The van der Waals surface area contributed by atoms with E-state index >= 15 is 0 Å². The van der Waals surface area contributed by atoms with E-state index in [1.165, 1.54) is 0 Å². The molecule has 0 saturated heterocycles. The molecule has 0 unspecified atom stereocenters. The van der Waals surface area contributed by atoms with Crippen LogP contribution in [0.5, 0.6) is 0 Å². The van der Waals surface area contributed by atoms with Crippen LogP contribution >= 0.6 is 23.6 Å². The molecule has 0 aliphatic heterocycles. The molecule has 6 nitrogen and oxygen atoms in total. The van der Waals surface area contributed by atoms with E-state index in [0.29, 0.717) is 26.1 Å². The summed E-state index contributed by atoms with van der Waals surface area (Å²) >= 11 is 6.48. The third kappa shape index (κ3) is 5.67.